The number of anilines is 1. The lowest BCUT2D eigenvalue weighted by Crippen LogP contribution is -2.52. The zero-order valence-corrected chi connectivity index (χ0v) is 16.4. The van der Waals surface area contributed by atoms with Gasteiger partial charge in [-0.15, -0.1) is 0 Å². The second-order valence-electron chi connectivity index (χ2n) is 7.39. The van der Waals surface area contributed by atoms with Crippen molar-refractivity contribution in [2.45, 2.75) is 19.0 Å². The van der Waals surface area contributed by atoms with Crippen LogP contribution in [0.15, 0.2) is 48.5 Å². The number of amides is 2. The van der Waals surface area contributed by atoms with E-state index in [1.807, 2.05) is 24.3 Å². The van der Waals surface area contributed by atoms with E-state index in [9.17, 15) is 14.0 Å². The van der Waals surface area contributed by atoms with Crippen LogP contribution >= 0.6 is 0 Å². The van der Waals surface area contributed by atoms with Crippen molar-refractivity contribution in [3.8, 4) is 5.75 Å². The van der Waals surface area contributed by atoms with Crippen LogP contribution in [0.1, 0.15) is 12.0 Å². The molecule has 4 rings (SSSR count). The number of carbonyl (C=O) groups is 2. The van der Waals surface area contributed by atoms with E-state index < -0.39 is 6.04 Å². The van der Waals surface area contributed by atoms with E-state index in [4.69, 9.17) is 4.74 Å². The lowest BCUT2D eigenvalue weighted by molar-refractivity contribution is -0.140. The molecule has 29 heavy (non-hydrogen) atoms. The topological polar surface area (TPSA) is 53.1 Å². The molecule has 0 radical (unpaired) electrons. The van der Waals surface area contributed by atoms with Gasteiger partial charge in [0.1, 0.15) is 11.6 Å². The summed E-state index contributed by atoms with van der Waals surface area (Å²) in [5, 5.41) is 0. The maximum Gasteiger partial charge on any atom is 0.247 e. The highest BCUT2D eigenvalue weighted by Gasteiger charge is 2.42. The molecule has 2 fully saturated rings. The Morgan fingerprint density at radius 1 is 0.966 bits per heavy atom. The molecule has 0 spiro atoms. The van der Waals surface area contributed by atoms with E-state index >= 15 is 0 Å². The molecule has 0 aliphatic carbocycles. The zero-order valence-electron chi connectivity index (χ0n) is 16.4. The van der Waals surface area contributed by atoms with Crippen LogP contribution in [0.4, 0.5) is 10.1 Å². The summed E-state index contributed by atoms with van der Waals surface area (Å²) < 4.78 is 18.3. The highest BCUT2D eigenvalue weighted by atomic mass is 19.1. The number of hydrogen-bond donors (Lipinski definition) is 0. The number of piperazine rings is 1. The highest BCUT2D eigenvalue weighted by Crippen LogP contribution is 2.24. The van der Waals surface area contributed by atoms with Crippen molar-refractivity contribution in [1.82, 2.24) is 9.80 Å². The molecule has 0 aromatic heterocycles. The average Bonchev–Trinajstić information content (AvgIpc) is 3.03. The van der Waals surface area contributed by atoms with Crippen molar-refractivity contribution in [1.29, 1.82) is 0 Å². The predicted octanol–water partition coefficient (Wildman–Crippen LogP) is 2.28. The summed E-state index contributed by atoms with van der Waals surface area (Å²) in [5.41, 5.74) is 1.87. The summed E-state index contributed by atoms with van der Waals surface area (Å²) in [7, 11) is 1.60. The van der Waals surface area contributed by atoms with Crippen molar-refractivity contribution >= 4 is 17.5 Å². The molecule has 0 N–H and O–H groups in total. The van der Waals surface area contributed by atoms with Gasteiger partial charge in [-0.2, -0.15) is 0 Å². The molecule has 7 heteroatoms. The first kappa shape index (κ1) is 19.4. The van der Waals surface area contributed by atoms with Crippen LogP contribution in [0.5, 0.6) is 5.75 Å². The van der Waals surface area contributed by atoms with Gasteiger partial charge in [0.2, 0.25) is 11.8 Å². The first-order valence-corrected chi connectivity index (χ1v) is 9.77. The lowest BCUT2D eigenvalue weighted by atomic mass is 10.1. The number of rotatable bonds is 5. The number of likely N-dealkylation sites (tertiary alicyclic amines) is 1. The number of benzene rings is 2. The highest BCUT2D eigenvalue weighted by molar-refractivity contribution is 6.05. The number of hydrogen-bond acceptors (Lipinski definition) is 5. The number of carbonyl (C=O) groups excluding carboxylic acids is 2. The smallest absolute Gasteiger partial charge is 0.247 e. The lowest BCUT2D eigenvalue weighted by Gasteiger charge is -2.38. The standard InChI is InChI=1S/C22H24FN3O3/c1-29-19-8-2-16(3-9-19)15-26-21(27)14-20(22(26)28)25-12-10-24(11-13-25)18-6-4-17(23)5-7-18/h2-9,20H,10-15H2,1H3/t20-/m1/s1. The van der Waals surface area contributed by atoms with E-state index in [-0.39, 0.29) is 30.6 Å². The molecule has 6 nitrogen and oxygen atoms in total. The Labute approximate surface area is 169 Å². The Hall–Kier alpha value is -2.93. The Morgan fingerprint density at radius 2 is 1.62 bits per heavy atom. The Balaban J connectivity index is 1.36. The fraction of sp³-hybridized carbons (Fsp3) is 0.364. The minimum Gasteiger partial charge on any atom is -0.497 e. The predicted molar refractivity (Wildman–Crippen MR) is 107 cm³/mol. The van der Waals surface area contributed by atoms with Gasteiger partial charge >= 0.3 is 0 Å². The molecule has 2 aliphatic rings. The van der Waals surface area contributed by atoms with Crippen molar-refractivity contribution in [3.63, 3.8) is 0 Å². The fourth-order valence-electron chi connectivity index (χ4n) is 3.97. The van der Waals surface area contributed by atoms with Crippen molar-refractivity contribution < 1.29 is 18.7 Å². The Bertz CT molecular complexity index is 877. The van der Waals surface area contributed by atoms with Crippen molar-refractivity contribution in [2.24, 2.45) is 0 Å². The van der Waals surface area contributed by atoms with Crippen LogP contribution in [-0.2, 0) is 16.1 Å². The number of nitrogens with zero attached hydrogens (tertiary/aromatic N) is 3. The van der Waals surface area contributed by atoms with Crippen molar-refractivity contribution in [2.75, 3.05) is 38.2 Å². The molecule has 152 valence electrons. The molecule has 2 aromatic rings. The zero-order chi connectivity index (χ0) is 20.4. The molecule has 0 unspecified atom stereocenters. The van der Waals surface area contributed by atoms with Gasteiger partial charge in [0, 0.05) is 31.9 Å². The van der Waals surface area contributed by atoms with Gasteiger partial charge in [0.15, 0.2) is 0 Å². The molecular formula is C22H24FN3O3. The molecule has 2 aliphatic heterocycles. The number of methoxy groups -OCH3 is 1. The maximum absolute atomic E-state index is 13.1. The third-order valence-electron chi connectivity index (χ3n) is 5.67. The van der Waals surface area contributed by atoms with E-state index in [1.54, 1.807) is 19.2 Å². The molecular weight excluding hydrogens is 373 g/mol. The molecule has 2 aromatic carbocycles. The summed E-state index contributed by atoms with van der Waals surface area (Å²) in [6, 6.07) is 13.4. The first-order valence-electron chi connectivity index (χ1n) is 9.77. The summed E-state index contributed by atoms with van der Waals surface area (Å²) in [6.45, 7) is 3.15. The molecule has 1 atom stereocenters. The summed E-state index contributed by atoms with van der Waals surface area (Å²) in [4.78, 5) is 31.0. The van der Waals surface area contributed by atoms with Gasteiger partial charge in [-0.1, -0.05) is 12.1 Å². The van der Waals surface area contributed by atoms with Crippen LogP contribution < -0.4 is 9.64 Å². The largest absolute Gasteiger partial charge is 0.497 e. The monoisotopic (exact) mass is 397 g/mol. The second-order valence-corrected chi connectivity index (χ2v) is 7.39. The van der Waals surface area contributed by atoms with E-state index in [0.29, 0.717) is 13.1 Å². The summed E-state index contributed by atoms with van der Waals surface area (Å²) in [5.74, 6) is 0.238. The normalized spacial score (nSPS) is 20.4. The molecule has 2 saturated heterocycles. The van der Waals surface area contributed by atoms with Crippen LogP contribution in [0.25, 0.3) is 0 Å². The SMILES string of the molecule is COc1ccc(CN2C(=O)C[C@@H](N3CCN(c4ccc(F)cc4)CC3)C2=O)cc1. The van der Waals surface area contributed by atoms with Gasteiger partial charge in [0.05, 0.1) is 26.1 Å². The fourth-order valence-corrected chi connectivity index (χ4v) is 3.97. The van der Waals surface area contributed by atoms with Crippen LogP contribution in [0, 0.1) is 5.82 Å². The summed E-state index contributed by atoms with van der Waals surface area (Å²) in [6.07, 6.45) is 0.228. The first-order chi connectivity index (χ1) is 14.0. The van der Waals surface area contributed by atoms with Crippen LogP contribution in [-0.4, -0.2) is 60.9 Å². The van der Waals surface area contributed by atoms with E-state index in [2.05, 4.69) is 9.80 Å². The summed E-state index contributed by atoms with van der Waals surface area (Å²) >= 11 is 0. The molecule has 2 heterocycles. The average molecular weight is 397 g/mol. The van der Waals surface area contributed by atoms with Gasteiger partial charge < -0.3 is 9.64 Å². The second kappa shape index (κ2) is 8.21. The number of halogens is 1. The third-order valence-corrected chi connectivity index (χ3v) is 5.67. The number of ether oxygens (including phenoxy) is 1. The molecule has 0 saturated carbocycles. The van der Waals surface area contributed by atoms with E-state index in [1.165, 1.54) is 17.0 Å². The van der Waals surface area contributed by atoms with Gasteiger partial charge in [-0.25, -0.2) is 4.39 Å². The van der Waals surface area contributed by atoms with Crippen molar-refractivity contribution in [3.05, 3.63) is 59.9 Å². The quantitative estimate of drug-likeness (QED) is 0.725. The third kappa shape index (κ3) is 4.10. The van der Waals surface area contributed by atoms with Crippen LogP contribution in [0.2, 0.25) is 0 Å². The van der Waals surface area contributed by atoms with Gasteiger partial charge in [0.25, 0.3) is 0 Å². The van der Waals surface area contributed by atoms with Gasteiger partial charge in [-0.3, -0.25) is 19.4 Å². The van der Waals surface area contributed by atoms with Crippen LogP contribution in [0.3, 0.4) is 0 Å². The maximum atomic E-state index is 13.1. The minimum absolute atomic E-state index is 0.124. The van der Waals surface area contributed by atoms with E-state index in [0.717, 1.165) is 30.1 Å². The van der Waals surface area contributed by atoms with Gasteiger partial charge in [-0.05, 0) is 42.0 Å². The Kier molecular flexibility index (Phi) is 5.49. The minimum atomic E-state index is -0.392. The Morgan fingerprint density at radius 3 is 2.24 bits per heavy atom. The molecule has 0 bridgehead atoms. The molecule has 2 amide bonds. The number of imide groups is 1.